The number of ether oxygens (including phenoxy) is 1. The average molecular weight is 304 g/mol. The first-order valence-electron chi connectivity index (χ1n) is 8.74. The van der Waals surface area contributed by atoms with E-state index in [4.69, 9.17) is 4.74 Å². The smallest absolute Gasteiger partial charge is 0.310 e. The quantitative estimate of drug-likeness (QED) is 0.330. The van der Waals surface area contributed by atoms with Gasteiger partial charge in [0.1, 0.15) is 5.75 Å². The summed E-state index contributed by atoms with van der Waals surface area (Å²) in [4.78, 5) is 11.2. The third kappa shape index (κ3) is 5.45. The number of benzene rings is 1. The molecular formula is C19H30NO2+. The van der Waals surface area contributed by atoms with Crippen molar-refractivity contribution in [2.75, 3.05) is 26.7 Å². The molecule has 0 atom stereocenters. The molecule has 0 amide bonds. The number of unbranched alkanes of at least 4 members (excludes halogenated alkanes) is 1. The molecule has 1 aromatic carbocycles. The van der Waals surface area contributed by atoms with Gasteiger partial charge in [0.05, 0.1) is 26.7 Å². The zero-order valence-corrected chi connectivity index (χ0v) is 14.1. The number of likely N-dealkylation sites (tertiary alicyclic amines) is 1. The molecule has 1 fully saturated rings. The Bertz CT molecular complexity index is 461. The van der Waals surface area contributed by atoms with Crippen molar-refractivity contribution in [2.45, 2.75) is 51.9 Å². The fourth-order valence-corrected chi connectivity index (χ4v) is 3.25. The van der Waals surface area contributed by atoms with Gasteiger partial charge in [-0.1, -0.05) is 19.1 Å². The summed E-state index contributed by atoms with van der Waals surface area (Å²) in [6, 6.07) is 7.97. The summed E-state index contributed by atoms with van der Waals surface area (Å²) >= 11 is 0. The lowest BCUT2D eigenvalue weighted by atomic mass is 10.1. The van der Waals surface area contributed by atoms with Crippen molar-refractivity contribution in [3.63, 3.8) is 0 Å². The van der Waals surface area contributed by atoms with Crippen LogP contribution >= 0.6 is 0 Å². The summed E-state index contributed by atoms with van der Waals surface area (Å²) in [6.45, 7) is 5.84. The predicted molar refractivity (Wildman–Crippen MR) is 89.9 cm³/mol. The van der Waals surface area contributed by atoms with Crippen molar-refractivity contribution < 1.29 is 14.0 Å². The molecule has 122 valence electrons. The van der Waals surface area contributed by atoms with Gasteiger partial charge in [-0.05, 0) is 56.2 Å². The summed E-state index contributed by atoms with van der Waals surface area (Å²) in [5, 5.41) is 0. The van der Waals surface area contributed by atoms with Crippen LogP contribution in [0.1, 0.15) is 51.0 Å². The highest BCUT2D eigenvalue weighted by molar-refractivity contribution is 5.71. The molecule has 0 N–H and O–H groups in total. The Morgan fingerprint density at radius 3 is 2.41 bits per heavy atom. The SMILES string of the molecule is CCC(=O)Oc1ccc(CCCC[N+]2(C)CCCCC2)cc1. The predicted octanol–water partition coefficient (Wildman–Crippen LogP) is 3.96. The molecule has 0 saturated carbocycles. The van der Waals surface area contributed by atoms with E-state index in [-0.39, 0.29) is 5.97 Å². The van der Waals surface area contributed by atoms with E-state index in [9.17, 15) is 4.79 Å². The van der Waals surface area contributed by atoms with Crippen LogP contribution in [0.2, 0.25) is 0 Å². The highest BCUT2D eigenvalue weighted by Gasteiger charge is 2.23. The Morgan fingerprint density at radius 1 is 1.09 bits per heavy atom. The highest BCUT2D eigenvalue weighted by Crippen LogP contribution is 2.18. The van der Waals surface area contributed by atoms with Crippen LogP contribution in [0.25, 0.3) is 0 Å². The molecule has 22 heavy (non-hydrogen) atoms. The number of hydrogen-bond donors (Lipinski definition) is 0. The van der Waals surface area contributed by atoms with Gasteiger partial charge >= 0.3 is 5.97 Å². The molecule has 0 spiro atoms. The Labute approximate surface area is 134 Å². The number of quaternary nitrogens is 1. The van der Waals surface area contributed by atoms with E-state index >= 15 is 0 Å². The first-order valence-corrected chi connectivity index (χ1v) is 8.74. The van der Waals surface area contributed by atoms with Gasteiger partial charge in [0.2, 0.25) is 0 Å². The molecule has 0 radical (unpaired) electrons. The maximum absolute atomic E-state index is 11.2. The van der Waals surface area contributed by atoms with Crippen molar-refractivity contribution >= 4 is 5.97 Å². The number of esters is 1. The maximum atomic E-state index is 11.2. The number of carbonyl (C=O) groups is 1. The molecule has 3 nitrogen and oxygen atoms in total. The zero-order valence-electron chi connectivity index (χ0n) is 14.1. The average Bonchev–Trinajstić information content (AvgIpc) is 2.53. The summed E-state index contributed by atoms with van der Waals surface area (Å²) in [5.41, 5.74) is 1.33. The number of nitrogens with zero attached hydrogens (tertiary/aromatic N) is 1. The maximum Gasteiger partial charge on any atom is 0.310 e. The molecule has 1 aliphatic rings. The molecule has 1 aliphatic heterocycles. The first-order chi connectivity index (χ1) is 10.6. The molecule has 0 aromatic heterocycles. The van der Waals surface area contributed by atoms with Crippen LogP contribution in [0, 0.1) is 0 Å². The minimum atomic E-state index is -0.175. The van der Waals surface area contributed by atoms with Gasteiger partial charge in [0.25, 0.3) is 0 Å². The summed E-state index contributed by atoms with van der Waals surface area (Å²) in [5.74, 6) is 0.480. The van der Waals surface area contributed by atoms with E-state index in [1.54, 1.807) is 0 Å². The van der Waals surface area contributed by atoms with Gasteiger partial charge in [-0.2, -0.15) is 0 Å². The van der Waals surface area contributed by atoms with Crippen LogP contribution in [-0.4, -0.2) is 37.1 Å². The van der Waals surface area contributed by atoms with E-state index in [1.165, 1.54) is 61.8 Å². The standard InChI is InChI=1S/C19H30NO2/c1-3-19(21)22-18-12-10-17(11-13-18)9-5-8-16-20(2)14-6-4-7-15-20/h10-13H,3-9,14-16H2,1-2H3/q+1. The van der Waals surface area contributed by atoms with Crippen molar-refractivity contribution in [3.05, 3.63) is 29.8 Å². The lowest BCUT2D eigenvalue weighted by Crippen LogP contribution is -2.48. The number of piperidine rings is 1. The van der Waals surface area contributed by atoms with E-state index in [1.807, 2.05) is 19.1 Å². The van der Waals surface area contributed by atoms with Crippen molar-refractivity contribution in [3.8, 4) is 5.75 Å². The molecule has 1 aromatic rings. The van der Waals surface area contributed by atoms with Crippen LogP contribution < -0.4 is 4.74 Å². The molecule has 3 heteroatoms. The van der Waals surface area contributed by atoms with Gasteiger partial charge in [0, 0.05) is 6.42 Å². The fourth-order valence-electron chi connectivity index (χ4n) is 3.25. The molecule has 2 rings (SSSR count). The molecule has 0 bridgehead atoms. The third-order valence-corrected chi connectivity index (χ3v) is 4.75. The number of aryl methyl sites for hydroxylation is 1. The second-order valence-corrected chi connectivity index (χ2v) is 6.78. The minimum Gasteiger partial charge on any atom is -0.427 e. The monoisotopic (exact) mass is 304 g/mol. The first kappa shape index (κ1) is 17.0. The summed E-state index contributed by atoms with van der Waals surface area (Å²) in [7, 11) is 2.41. The normalized spacial score (nSPS) is 17.2. The third-order valence-electron chi connectivity index (χ3n) is 4.75. The lowest BCUT2D eigenvalue weighted by molar-refractivity contribution is -0.914. The Morgan fingerprint density at radius 2 is 1.77 bits per heavy atom. The van der Waals surface area contributed by atoms with E-state index < -0.39 is 0 Å². The van der Waals surface area contributed by atoms with Gasteiger partial charge in [0.15, 0.2) is 0 Å². The van der Waals surface area contributed by atoms with E-state index in [0.29, 0.717) is 12.2 Å². The van der Waals surface area contributed by atoms with Crippen LogP contribution in [0.5, 0.6) is 5.75 Å². The van der Waals surface area contributed by atoms with Gasteiger partial charge < -0.3 is 9.22 Å². The number of carbonyl (C=O) groups excluding carboxylic acids is 1. The second-order valence-electron chi connectivity index (χ2n) is 6.78. The molecular weight excluding hydrogens is 274 g/mol. The van der Waals surface area contributed by atoms with Gasteiger partial charge in [-0.25, -0.2) is 0 Å². The molecule has 1 saturated heterocycles. The second kappa shape index (κ2) is 8.33. The molecule has 0 aliphatic carbocycles. The Hall–Kier alpha value is -1.35. The Balaban J connectivity index is 1.69. The van der Waals surface area contributed by atoms with E-state index in [2.05, 4.69) is 19.2 Å². The largest absolute Gasteiger partial charge is 0.427 e. The van der Waals surface area contributed by atoms with Crippen molar-refractivity contribution in [2.24, 2.45) is 0 Å². The van der Waals surface area contributed by atoms with Crippen LogP contribution in [-0.2, 0) is 11.2 Å². The number of hydrogen-bond acceptors (Lipinski definition) is 2. The van der Waals surface area contributed by atoms with Gasteiger partial charge in [-0.15, -0.1) is 0 Å². The van der Waals surface area contributed by atoms with Crippen LogP contribution in [0.4, 0.5) is 0 Å². The van der Waals surface area contributed by atoms with E-state index in [0.717, 1.165) is 6.42 Å². The minimum absolute atomic E-state index is 0.175. The van der Waals surface area contributed by atoms with Crippen molar-refractivity contribution in [1.82, 2.24) is 0 Å². The van der Waals surface area contributed by atoms with Crippen molar-refractivity contribution in [1.29, 1.82) is 0 Å². The fraction of sp³-hybridized carbons (Fsp3) is 0.632. The molecule has 0 unspecified atom stereocenters. The topological polar surface area (TPSA) is 26.3 Å². The zero-order chi connectivity index (χ0) is 15.8. The number of rotatable bonds is 7. The van der Waals surface area contributed by atoms with Crippen LogP contribution in [0.3, 0.4) is 0 Å². The summed E-state index contributed by atoms with van der Waals surface area (Å²) in [6.07, 6.45) is 8.28. The summed E-state index contributed by atoms with van der Waals surface area (Å²) < 4.78 is 6.47. The van der Waals surface area contributed by atoms with Gasteiger partial charge in [-0.3, -0.25) is 4.79 Å². The van der Waals surface area contributed by atoms with Crippen LogP contribution in [0.15, 0.2) is 24.3 Å². The Kier molecular flexibility index (Phi) is 6.44. The molecule has 1 heterocycles. The highest BCUT2D eigenvalue weighted by atomic mass is 16.5. The lowest BCUT2D eigenvalue weighted by Gasteiger charge is -2.37.